The van der Waals surface area contributed by atoms with Crippen molar-refractivity contribution in [2.24, 2.45) is 4.99 Å². The van der Waals surface area contributed by atoms with E-state index in [1.807, 2.05) is 24.3 Å². The van der Waals surface area contributed by atoms with E-state index >= 15 is 0 Å². The minimum Gasteiger partial charge on any atom is -0.497 e. The van der Waals surface area contributed by atoms with Gasteiger partial charge in [-0.3, -0.25) is 0 Å². The minimum atomic E-state index is -0.539. The number of hydrogen-bond acceptors (Lipinski definition) is 6. The number of thiophene rings is 1. The van der Waals surface area contributed by atoms with Gasteiger partial charge in [-0.25, -0.2) is 9.79 Å². The highest BCUT2D eigenvalue weighted by molar-refractivity contribution is 7.21. The Morgan fingerprint density at radius 1 is 1.15 bits per heavy atom. The van der Waals surface area contributed by atoms with Crippen LogP contribution in [0.5, 0.6) is 11.5 Å². The summed E-state index contributed by atoms with van der Waals surface area (Å²) in [5.41, 5.74) is 0.835. The van der Waals surface area contributed by atoms with Gasteiger partial charge in [0.15, 0.2) is 5.70 Å². The molecule has 0 N–H and O–H groups in total. The molecule has 0 atom stereocenters. The predicted octanol–water partition coefficient (Wildman–Crippen LogP) is 4.92. The summed E-state index contributed by atoms with van der Waals surface area (Å²) < 4.78 is 16.9. The first-order chi connectivity index (χ1) is 13.1. The monoisotopic (exact) mass is 399 g/mol. The highest BCUT2D eigenvalue weighted by atomic mass is 35.5. The minimum absolute atomic E-state index is 0.171. The molecule has 0 radical (unpaired) electrons. The Morgan fingerprint density at radius 2 is 1.96 bits per heavy atom. The molecule has 0 bridgehead atoms. The van der Waals surface area contributed by atoms with Gasteiger partial charge in [0.05, 0.1) is 19.2 Å². The van der Waals surface area contributed by atoms with E-state index in [0.717, 1.165) is 10.1 Å². The number of cyclic esters (lactones) is 1. The van der Waals surface area contributed by atoms with Crippen LogP contribution in [0.15, 0.2) is 53.2 Å². The van der Waals surface area contributed by atoms with Gasteiger partial charge in [-0.05, 0) is 30.3 Å². The number of benzene rings is 2. The number of esters is 1. The molecule has 4 rings (SSSR count). The first-order valence-electron chi connectivity index (χ1n) is 8.02. The van der Waals surface area contributed by atoms with Crippen LogP contribution in [0, 0.1) is 0 Å². The summed E-state index contributed by atoms with van der Waals surface area (Å²) in [4.78, 5) is 17.3. The number of carbonyl (C=O) groups excluding carboxylic acids is 1. The van der Waals surface area contributed by atoms with Crippen LogP contribution in [0.3, 0.4) is 0 Å². The van der Waals surface area contributed by atoms with Gasteiger partial charge in [-0.2, -0.15) is 0 Å². The van der Waals surface area contributed by atoms with Crippen LogP contribution in [-0.4, -0.2) is 26.1 Å². The summed E-state index contributed by atoms with van der Waals surface area (Å²) in [6.45, 7) is 0. The largest absolute Gasteiger partial charge is 0.497 e. The zero-order valence-corrected chi connectivity index (χ0v) is 16.1. The molecular weight excluding hydrogens is 386 g/mol. The molecule has 0 saturated heterocycles. The summed E-state index contributed by atoms with van der Waals surface area (Å²) >= 11 is 7.90. The SMILES string of the molecule is COc1ccc(OC)c(/C=C2\N=C(c3sc4ccccc4c3Cl)OC2=O)c1. The lowest BCUT2D eigenvalue weighted by Gasteiger charge is -2.07. The van der Waals surface area contributed by atoms with Crippen molar-refractivity contribution in [3.63, 3.8) is 0 Å². The van der Waals surface area contributed by atoms with Crippen LogP contribution in [0.1, 0.15) is 10.4 Å². The van der Waals surface area contributed by atoms with Gasteiger partial charge in [0.2, 0.25) is 5.90 Å². The molecule has 2 heterocycles. The van der Waals surface area contributed by atoms with Crippen LogP contribution in [-0.2, 0) is 9.53 Å². The maximum Gasteiger partial charge on any atom is 0.363 e. The Balaban J connectivity index is 1.77. The van der Waals surface area contributed by atoms with Gasteiger partial charge in [0.25, 0.3) is 0 Å². The quantitative estimate of drug-likeness (QED) is 0.461. The molecule has 0 spiro atoms. The van der Waals surface area contributed by atoms with Crippen LogP contribution < -0.4 is 9.47 Å². The van der Waals surface area contributed by atoms with E-state index in [9.17, 15) is 4.79 Å². The first-order valence-corrected chi connectivity index (χ1v) is 9.22. The van der Waals surface area contributed by atoms with Gasteiger partial charge in [-0.15, -0.1) is 11.3 Å². The van der Waals surface area contributed by atoms with E-state index in [1.165, 1.54) is 11.3 Å². The first kappa shape index (κ1) is 17.6. The van der Waals surface area contributed by atoms with Crippen molar-refractivity contribution >= 4 is 51.0 Å². The maximum atomic E-state index is 12.3. The van der Waals surface area contributed by atoms with Gasteiger partial charge >= 0.3 is 5.97 Å². The Morgan fingerprint density at radius 3 is 2.70 bits per heavy atom. The molecule has 0 amide bonds. The molecule has 0 aliphatic carbocycles. The lowest BCUT2D eigenvalue weighted by atomic mass is 10.1. The number of hydrogen-bond donors (Lipinski definition) is 0. The van der Waals surface area contributed by atoms with Gasteiger partial charge in [0, 0.05) is 15.6 Å². The molecule has 1 aliphatic rings. The molecule has 136 valence electrons. The average Bonchev–Trinajstić information content (AvgIpc) is 3.22. The third kappa shape index (κ3) is 3.18. The predicted molar refractivity (Wildman–Crippen MR) is 107 cm³/mol. The van der Waals surface area contributed by atoms with Crippen LogP contribution in [0.25, 0.3) is 16.2 Å². The lowest BCUT2D eigenvalue weighted by Crippen LogP contribution is -2.04. The number of halogens is 1. The van der Waals surface area contributed by atoms with Crippen molar-refractivity contribution in [2.75, 3.05) is 14.2 Å². The van der Waals surface area contributed by atoms with Gasteiger partial charge in [-0.1, -0.05) is 29.8 Å². The van der Waals surface area contributed by atoms with E-state index in [4.69, 9.17) is 25.8 Å². The number of methoxy groups -OCH3 is 2. The summed E-state index contributed by atoms with van der Waals surface area (Å²) in [6.07, 6.45) is 1.61. The molecule has 5 nitrogen and oxygen atoms in total. The summed E-state index contributed by atoms with van der Waals surface area (Å²) in [7, 11) is 3.13. The van der Waals surface area contributed by atoms with Crippen LogP contribution >= 0.6 is 22.9 Å². The lowest BCUT2D eigenvalue weighted by molar-refractivity contribution is -0.129. The number of rotatable bonds is 4. The van der Waals surface area contributed by atoms with Gasteiger partial charge in [0.1, 0.15) is 16.4 Å². The molecule has 2 aromatic carbocycles. The maximum absolute atomic E-state index is 12.3. The Hall–Kier alpha value is -2.83. The summed E-state index contributed by atoms with van der Waals surface area (Å²) in [5, 5.41) is 1.44. The zero-order chi connectivity index (χ0) is 19.0. The molecule has 7 heteroatoms. The summed E-state index contributed by atoms with van der Waals surface area (Å²) in [6, 6.07) is 13.0. The third-order valence-corrected chi connectivity index (χ3v) is 5.74. The molecule has 0 fully saturated rings. The van der Waals surface area contributed by atoms with E-state index in [2.05, 4.69) is 4.99 Å². The number of nitrogens with zero attached hydrogens (tertiary/aromatic N) is 1. The average molecular weight is 400 g/mol. The highest BCUT2D eigenvalue weighted by Gasteiger charge is 2.28. The van der Waals surface area contributed by atoms with Crippen molar-refractivity contribution in [1.29, 1.82) is 0 Å². The zero-order valence-electron chi connectivity index (χ0n) is 14.5. The fourth-order valence-electron chi connectivity index (χ4n) is 2.76. The van der Waals surface area contributed by atoms with Gasteiger partial charge < -0.3 is 14.2 Å². The molecular formula is C20H14ClNO4S. The molecule has 0 saturated carbocycles. The number of carbonyl (C=O) groups is 1. The van der Waals surface area contributed by atoms with Crippen LogP contribution in [0.2, 0.25) is 5.02 Å². The second kappa shape index (κ2) is 7.06. The smallest absolute Gasteiger partial charge is 0.363 e. The normalized spacial score (nSPS) is 15.1. The number of aliphatic imine (C=N–C) groups is 1. The Bertz CT molecular complexity index is 1120. The third-order valence-electron chi connectivity index (χ3n) is 4.08. The highest BCUT2D eigenvalue weighted by Crippen LogP contribution is 2.37. The topological polar surface area (TPSA) is 57.1 Å². The van der Waals surface area contributed by atoms with Crippen molar-refractivity contribution in [1.82, 2.24) is 0 Å². The van der Waals surface area contributed by atoms with E-state index < -0.39 is 5.97 Å². The number of ether oxygens (including phenoxy) is 3. The fraction of sp³-hybridized carbons (Fsp3) is 0.100. The second-order valence-corrected chi connectivity index (χ2v) is 7.12. The molecule has 1 aromatic heterocycles. The standard InChI is InChI=1S/C20H14ClNO4S/c1-24-12-7-8-15(25-2)11(9-12)10-14-20(23)26-19(22-14)18-17(21)13-5-3-4-6-16(13)27-18/h3-10H,1-2H3/b14-10-. The molecule has 1 aliphatic heterocycles. The Kier molecular flexibility index (Phi) is 4.59. The van der Waals surface area contributed by atoms with Crippen molar-refractivity contribution in [3.05, 3.63) is 63.6 Å². The van der Waals surface area contributed by atoms with Crippen molar-refractivity contribution < 1.29 is 19.0 Å². The van der Waals surface area contributed by atoms with Crippen LogP contribution in [0.4, 0.5) is 0 Å². The summed E-state index contributed by atoms with van der Waals surface area (Å²) in [5.74, 6) is 0.910. The number of fused-ring (bicyclic) bond motifs is 1. The van der Waals surface area contributed by atoms with E-state index in [-0.39, 0.29) is 11.6 Å². The van der Waals surface area contributed by atoms with Crippen molar-refractivity contribution in [3.8, 4) is 11.5 Å². The molecule has 3 aromatic rings. The van der Waals surface area contributed by atoms with Crippen molar-refractivity contribution in [2.45, 2.75) is 0 Å². The fourth-order valence-corrected chi connectivity index (χ4v) is 4.20. The molecule has 27 heavy (non-hydrogen) atoms. The Labute approximate surface area is 164 Å². The van der Waals surface area contributed by atoms with E-state index in [1.54, 1.807) is 38.5 Å². The second-order valence-electron chi connectivity index (χ2n) is 5.69. The molecule has 0 unspecified atom stereocenters. The van der Waals surface area contributed by atoms with E-state index in [0.29, 0.717) is 27.0 Å².